The molecule has 98 valence electrons. The highest BCUT2D eigenvalue weighted by atomic mass is 19.1. The van der Waals surface area contributed by atoms with Crippen LogP contribution >= 0.6 is 0 Å². The molecule has 1 aromatic carbocycles. The normalized spacial score (nSPS) is 10.2. The summed E-state index contributed by atoms with van der Waals surface area (Å²) in [7, 11) is 0. The van der Waals surface area contributed by atoms with Gasteiger partial charge in [0.1, 0.15) is 5.82 Å². The molecule has 0 fully saturated rings. The number of nitro groups is 1. The predicted octanol–water partition coefficient (Wildman–Crippen LogP) is 2.81. The van der Waals surface area contributed by atoms with Crippen LogP contribution in [-0.4, -0.2) is 9.91 Å². The molecule has 2 rings (SSSR count). The van der Waals surface area contributed by atoms with Crippen LogP contribution in [0.3, 0.4) is 0 Å². The van der Waals surface area contributed by atoms with E-state index in [0.29, 0.717) is 11.3 Å². The molecule has 0 aliphatic carbocycles. The zero-order valence-electron chi connectivity index (χ0n) is 9.96. The fourth-order valence-corrected chi connectivity index (χ4v) is 1.51. The van der Waals surface area contributed by atoms with Gasteiger partial charge in [0.15, 0.2) is 0 Å². The van der Waals surface area contributed by atoms with Crippen molar-refractivity contribution in [3.8, 4) is 11.6 Å². The molecular formula is C12H10FN3O3. The molecule has 1 heterocycles. The largest absolute Gasteiger partial charge is 0.432 e. The monoisotopic (exact) mass is 263 g/mol. The first-order valence-corrected chi connectivity index (χ1v) is 5.31. The van der Waals surface area contributed by atoms with Gasteiger partial charge in [-0.25, -0.2) is 9.37 Å². The lowest BCUT2D eigenvalue weighted by Gasteiger charge is -2.08. The molecule has 0 amide bonds. The van der Waals surface area contributed by atoms with Gasteiger partial charge in [-0.15, -0.1) is 0 Å². The van der Waals surface area contributed by atoms with E-state index in [1.807, 2.05) is 0 Å². The zero-order valence-corrected chi connectivity index (χ0v) is 9.96. The van der Waals surface area contributed by atoms with E-state index in [9.17, 15) is 14.5 Å². The molecule has 0 bridgehead atoms. The summed E-state index contributed by atoms with van der Waals surface area (Å²) < 4.78 is 18.3. The number of nitrogens with zero attached hydrogens (tertiary/aromatic N) is 2. The van der Waals surface area contributed by atoms with Crippen LogP contribution in [0.1, 0.15) is 5.56 Å². The topological polar surface area (TPSA) is 91.3 Å². The first-order valence-electron chi connectivity index (χ1n) is 5.31. The third-order valence-corrected chi connectivity index (χ3v) is 2.38. The van der Waals surface area contributed by atoms with E-state index in [-0.39, 0.29) is 11.6 Å². The maximum absolute atomic E-state index is 13.0. The number of rotatable bonds is 3. The van der Waals surface area contributed by atoms with Crippen molar-refractivity contribution >= 4 is 11.4 Å². The number of halogens is 1. The zero-order chi connectivity index (χ0) is 14.0. The SMILES string of the molecule is Cc1cc(N)cnc1Oc1ccc(F)cc1[N+](=O)[O-]. The van der Waals surface area contributed by atoms with E-state index in [0.717, 1.165) is 12.1 Å². The number of hydrogen-bond acceptors (Lipinski definition) is 5. The van der Waals surface area contributed by atoms with E-state index in [1.54, 1.807) is 13.0 Å². The highest BCUT2D eigenvalue weighted by Crippen LogP contribution is 2.32. The minimum absolute atomic E-state index is 0.0771. The molecule has 0 saturated heterocycles. The maximum Gasteiger partial charge on any atom is 0.314 e. The number of hydrogen-bond donors (Lipinski definition) is 1. The Kier molecular flexibility index (Phi) is 3.28. The van der Waals surface area contributed by atoms with Crippen LogP contribution in [0.2, 0.25) is 0 Å². The number of aryl methyl sites for hydroxylation is 1. The molecule has 0 aliphatic heterocycles. The number of pyridine rings is 1. The van der Waals surface area contributed by atoms with Crippen molar-refractivity contribution in [3.63, 3.8) is 0 Å². The average molecular weight is 263 g/mol. The number of benzene rings is 1. The number of nitrogens with two attached hydrogens (primary N) is 1. The molecule has 0 spiro atoms. The van der Waals surface area contributed by atoms with Crippen LogP contribution < -0.4 is 10.5 Å². The molecule has 6 nitrogen and oxygen atoms in total. The van der Waals surface area contributed by atoms with Crippen molar-refractivity contribution in [2.75, 3.05) is 5.73 Å². The lowest BCUT2D eigenvalue weighted by Crippen LogP contribution is -1.98. The van der Waals surface area contributed by atoms with Gasteiger partial charge >= 0.3 is 5.69 Å². The van der Waals surface area contributed by atoms with Gasteiger partial charge in [0, 0.05) is 5.56 Å². The van der Waals surface area contributed by atoms with Gasteiger partial charge < -0.3 is 10.5 Å². The molecule has 2 N–H and O–H groups in total. The lowest BCUT2D eigenvalue weighted by molar-refractivity contribution is -0.385. The van der Waals surface area contributed by atoms with Gasteiger partial charge in [-0.05, 0) is 25.1 Å². The molecule has 0 radical (unpaired) electrons. The molecule has 2 aromatic rings. The van der Waals surface area contributed by atoms with Gasteiger partial charge in [-0.1, -0.05) is 0 Å². The van der Waals surface area contributed by atoms with Crippen LogP contribution in [0.4, 0.5) is 15.8 Å². The van der Waals surface area contributed by atoms with Crippen LogP contribution in [-0.2, 0) is 0 Å². The van der Waals surface area contributed by atoms with Gasteiger partial charge in [-0.3, -0.25) is 10.1 Å². The Balaban J connectivity index is 2.40. The Morgan fingerprint density at radius 1 is 1.42 bits per heavy atom. The fourth-order valence-electron chi connectivity index (χ4n) is 1.51. The third kappa shape index (κ3) is 2.76. The van der Waals surface area contributed by atoms with Gasteiger partial charge in [0.05, 0.1) is 22.9 Å². The van der Waals surface area contributed by atoms with Crippen molar-refractivity contribution in [1.82, 2.24) is 4.98 Å². The molecule has 1 aromatic heterocycles. The van der Waals surface area contributed by atoms with Crippen LogP contribution in [0, 0.1) is 22.9 Å². The molecule has 0 saturated carbocycles. The first kappa shape index (κ1) is 12.7. The average Bonchev–Trinajstić information content (AvgIpc) is 2.34. The van der Waals surface area contributed by atoms with Crippen molar-refractivity contribution in [2.24, 2.45) is 0 Å². The Morgan fingerprint density at radius 3 is 2.79 bits per heavy atom. The molecule has 7 heteroatoms. The highest BCUT2D eigenvalue weighted by molar-refractivity contribution is 5.49. The first-order chi connectivity index (χ1) is 8.97. The number of aromatic nitrogens is 1. The highest BCUT2D eigenvalue weighted by Gasteiger charge is 2.18. The lowest BCUT2D eigenvalue weighted by atomic mass is 10.2. The maximum atomic E-state index is 13.0. The summed E-state index contributed by atoms with van der Waals surface area (Å²) >= 11 is 0. The van der Waals surface area contributed by atoms with Crippen LogP contribution in [0.5, 0.6) is 11.6 Å². The summed E-state index contributed by atoms with van der Waals surface area (Å²) in [5.41, 5.74) is 6.16. The van der Waals surface area contributed by atoms with Crippen molar-refractivity contribution < 1.29 is 14.1 Å². The molecule has 0 atom stereocenters. The quantitative estimate of drug-likeness (QED) is 0.679. The molecule has 0 unspecified atom stereocenters. The number of ether oxygens (including phenoxy) is 1. The fraction of sp³-hybridized carbons (Fsp3) is 0.0833. The number of anilines is 1. The predicted molar refractivity (Wildman–Crippen MR) is 66.5 cm³/mol. The van der Waals surface area contributed by atoms with Crippen LogP contribution in [0.25, 0.3) is 0 Å². The minimum Gasteiger partial charge on any atom is -0.432 e. The summed E-state index contributed by atoms with van der Waals surface area (Å²) in [5.74, 6) is -0.600. The smallest absolute Gasteiger partial charge is 0.314 e. The second-order valence-electron chi connectivity index (χ2n) is 3.86. The molecular weight excluding hydrogens is 253 g/mol. The molecule has 0 aliphatic rings. The van der Waals surface area contributed by atoms with E-state index in [2.05, 4.69) is 4.98 Å². The van der Waals surface area contributed by atoms with Crippen molar-refractivity contribution in [3.05, 3.63) is 52.0 Å². The standard InChI is InChI=1S/C12H10FN3O3/c1-7-4-9(14)6-15-12(7)19-11-3-2-8(13)5-10(11)16(17)18/h2-6H,14H2,1H3. The van der Waals surface area contributed by atoms with E-state index < -0.39 is 16.4 Å². The summed E-state index contributed by atoms with van der Waals surface area (Å²) in [4.78, 5) is 14.0. The Morgan fingerprint density at radius 2 is 2.16 bits per heavy atom. The summed E-state index contributed by atoms with van der Waals surface area (Å²) in [6.45, 7) is 1.70. The number of nitrogen functional groups attached to an aromatic ring is 1. The second-order valence-corrected chi connectivity index (χ2v) is 3.86. The van der Waals surface area contributed by atoms with Crippen molar-refractivity contribution in [2.45, 2.75) is 6.92 Å². The van der Waals surface area contributed by atoms with Gasteiger partial charge in [-0.2, -0.15) is 0 Å². The minimum atomic E-state index is -0.717. The molecule has 19 heavy (non-hydrogen) atoms. The van der Waals surface area contributed by atoms with E-state index >= 15 is 0 Å². The van der Waals surface area contributed by atoms with Crippen LogP contribution in [0.15, 0.2) is 30.5 Å². The van der Waals surface area contributed by atoms with Gasteiger partial charge in [0.2, 0.25) is 11.6 Å². The summed E-state index contributed by atoms with van der Waals surface area (Å²) in [6.07, 6.45) is 1.37. The van der Waals surface area contributed by atoms with Gasteiger partial charge in [0.25, 0.3) is 0 Å². The second kappa shape index (κ2) is 4.89. The summed E-state index contributed by atoms with van der Waals surface area (Å²) in [5, 5.41) is 10.8. The Hall–Kier alpha value is -2.70. The Bertz CT molecular complexity index is 646. The van der Waals surface area contributed by atoms with E-state index in [1.165, 1.54) is 12.3 Å². The number of nitro benzene ring substituents is 1. The third-order valence-electron chi connectivity index (χ3n) is 2.38. The Labute approximate surface area is 107 Å². The van der Waals surface area contributed by atoms with Crippen molar-refractivity contribution in [1.29, 1.82) is 0 Å². The summed E-state index contributed by atoms with van der Waals surface area (Å²) in [6, 6.07) is 4.68. The van der Waals surface area contributed by atoms with E-state index in [4.69, 9.17) is 10.5 Å².